The van der Waals surface area contributed by atoms with Gasteiger partial charge in [-0.3, -0.25) is 4.79 Å². The van der Waals surface area contributed by atoms with Gasteiger partial charge in [0.2, 0.25) is 11.8 Å². The average molecular weight is 346 g/mol. The first-order chi connectivity index (χ1) is 11.6. The summed E-state index contributed by atoms with van der Waals surface area (Å²) in [5, 5.41) is 11.5. The summed E-state index contributed by atoms with van der Waals surface area (Å²) in [5.74, 6) is 1.46. The van der Waals surface area contributed by atoms with Crippen LogP contribution in [0.25, 0.3) is 11.5 Å². The molecule has 0 atom stereocenters. The number of hydrogen-bond acceptors (Lipinski definition) is 5. The lowest BCUT2D eigenvalue weighted by Crippen LogP contribution is -2.23. The molecule has 0 saturated heterocycles. The molecule has 0 aliphatic heterocycles. The van der Waals surface area contributed by atoms with Crippen LogP contribution in [0.15, 0.2) is 45.4 Å². The summed E-state index contributed by atoms with van der Waals surface area (Å²) >= 11 is 5.82. The van der Waals surface area contributed by atoms with Crippen molar-refractivity contribution in [3.8, 4) is 11.5 Å². The number of furan rings is 1. The number of nitrogens with zero attached hydrogens (tertiary/aromatic N) is 2. The van der Waals surface area contributed by atoms with Crippen LogP contribution in [0.5, 0.6) is 0 Å². The van der Waals surface area contributed by atoms with Crippen LogP contribution in [-0.2, 0) is 17.8 Å². The van der Waals surface area contributed by atoms with Crippen molar-refractivity contribution >= 4 is 17.5 Å². The maximum Gasteiger partial charge on any atom is 0.251 e. The van der Waals surface area contributed by atoms with E-state index in [2.05, 4.69) is 15.5 Å². The van der Waals surface area contributed by atoms with E-state index in [1.807, 2.05) is 19.1 Å². The maximum atomic E-state index is 11.9. The molecule has 3 aromatic rings. The molecule has 7 heteroatoms. The predicted octanol–water partition coefficient (Wildman–Crippen LogP) is 3.54. The van der Waals surface area contributed by atoms with Crippen molar-refractivity contribution in [3.05, 3.63) is 58.8 Å². The third-order valence-electron chi connectivity index (χ3n) is 3.52. The van der Waals surface area contributed by atoms with Crippen molar-refractivity contribution in [2.75, 3.05) is 0 Å². The SMILES string of the molecule is Cc1occc1-c1nnc(CCC(=O)NCc2ccc(Cl)cc2)o1. The predicted molar refractivity (Wildman–Crippen MR) is 88.4 cm³/mol. The summed E-state index contributed by atoms with van der Waals surface area (Å²) in [4.78, 5) is 11.9. The minimum Gasteiger partial charge on any atom is -0.469 e. The lowest BCUT2D eigenvalue weighted by molar-refractivity contribution is -0.121. The van der Waals surface area contributed by atoms with Gasteiger partial charge in [0.15, 0.2) is 0 Å². The summed E-state index contributed by atoms with van der Waals surface area (Å²) in [7, 11) is 0. The van der Waals surface area contributed by atoms with E-state index >= 15 is 0 Å². The Morgan fingerprint density at radius 1 is 1.21 bits per heavy atom. The second-order valence-corrected chi connectivity index (χ2v) is 5.73. The molecule has 6 nitrogen and oxygen atoms in total. The van der Waals surface area contributed by atoms with Crippen molar-refractivity contribution in [2.45, 2.75) is 26.3 Å². The highest BCUT2D eigenvalue weighted by Gasteiger charge is 2.13. The van der Waals surface area contributed by atoms with Gasteiger partial charge in [-0.25, -0.2) is 0 Å². The Kier molecular flexibility index (Phi) is 4.96. The maximum absolute atomic E-state index is 11.9. The highest BCUT2D eigenvalue weighted by atomic mass is 35.5. The summed E-state index contributed by atoms with van der Waals surface area (Å²) in [6.45, 7) is 2.28. The molecule has 0 fully saturated rings. The molecule has 0 radical (unpaired) electrons. The van der Waals surface area contributed by atoms with E-state index in [1.165, 1.54) is 0 Å². The molecule has 0 unspecified atom stereocenters. The van der Waals surface area contributed by atoms with Crippen LogP contribution in [0, 0.1) is 6.92 Å². The van der Waals surface area contributed by atoms with Gasteiger partial charge in [0.1, 0.15) is 5.76 Å². The highest BCUT2D eigenvalue weighted by molar-refractivity contribution is 6.30. The Hall–Kier alpha value is -2.60. The van der Waals surface area contributed by atoms with E-state index < -0.39 is 0 Å². The Morgan fingerprint density at radius 2 is 2.00 bits per heavy atom. The number of nitrogens with one attached hydrogen (secondary N) is 1. The molecular formula is C17H16ClN3O3. The molecule has 1 aromatic carbocycles. The van der Waals surface area contributed by atoms with Crippen LogP contribution in [0.4, 0.5) is 0 Å². The van der Waals surface area contributed by atoms with Gasteiger partial charge in [-0.2, -0.15) is 0 Å². The van der Waals surface area contributed by atoms with Gasteiger partial charge in [0.25, 0.3) is 5.89 Å². The first kappa shape index (κ1) is 16.3. The zero-order valence-corrected chi connectivity index (χ0v) is 13.8. The molecular weight excluding hydrogens is 330 g/mol. The molecule has 0 bridgehead atoms. The fourth-order valence-corrected chi connectivity index (χ4v) is 2.31. The smallest absolute Gasteiger partial charge is 0.251 e. The summed E-state index contributed by atoms with van der Waals surface area (Å²) < 4.78 is 10.8. The summed E-state index contributed by atoms with van der Waals surface area (Å²) in [6.07, 6.45) is 2.23. The van der Waals surface area contributed by atoms with Gasteiger partial charge in [0.05, 0.1) is 11.8 Å². The lowest BCUT2D eigenvalue weighted by atomic mass is 10.2. The minimum atomic E-state index is -0.0795. The van der Waals surface area contributed by atoms with Gasteiger partial charge < -0.3 is 14.2 Å². The number of carbonyl (C=O) groups is 1. The number of rotatable bonds is 6. The molecule has 1 N–H and O–H groups in total. The summed E-state index contributed by atoms with van der Waals surface area (Å²) in [6, 6.07) is 9.10. The minimum absolute atomic E-state index is 0.0795. The van der Waals surface area contributed by atoms with E-state index in [0.29, 0.717) is 35.5 Å². The van der Waals surface area contributed by atoms with E-state index in [9.17, 15) is 4.79 Å². The number of aryl methyl sites for hydroxylation is 2. The van der Waals surface area contributed by atoms with E-state index in [0.717, 1.165) is 11.1 Å². The zero-order chi connectivity index (χ0) is 16.9. The number of benzene rings is 1. The van der Waals surface area contributed by atoms with Crippen molar-refractivity contribution < 1.29 is 13.6 Å². The largest absolute Gasteiger partial charge is 0.469 e. The zero-order valence-electron chi connectivity index (χ0n) is 13.1. The first-order valence-electron chi connectivity index (χ1n) is 7.50. The Bertz CT molecular complexity index is 824. The molecule has 3 rings (SSSR count). The van der Waals surface area contributed by atoms with Crippen molar-refractivity contribution in [1.29, 1.82) is 0 Å². The van der Waals surface area contributed by atoms with E-state index in [-0.39, 0.29) is 12.3 Å². The quantitative estimate of drug-likeness (QED) is 0.739. The van der Waals surface area contributed by atoms with E-state index in [4.69, 9.17) is 20.4 Å². The van der Waals surface area contributed by atoms with Gasteiger partial charge in [-0.15, -0.1) is 10.2 Å². The molecule has 124 valence electrons. The Balaban J connectivity index is 1.49. The fraction of sp³-hybridized carbons (Fsp3) is 0.235. The topological polar surface area (TPSA) is 81.2 Å². The van der Waals surface area contributed by atoms with E-state index in [1.54, 1.807) is 24.5 Å². The van der Waals surface area contributed by atoms with Crippen molar-refractivity contribution in [3.63, 3.8) is 0 Å². The number of amides is 1. The summed E-state index contributed by atoms with van der Waals surface area (Å²) in [5.41, 5.74) is 1.75. The second-order valence-electron chi connectivity index (χ2n) is 5.29. The third-order valence-corrected chi connectivity index (χ3v) is 3.78. The second kappa shape index (κ2) is 7.31. The van der Waals surface area contributed by atoms with Crippen molar-refractivity contribution in [1.82, 2.24) is 15.5 Å². The Morgan fingerprint density at radius 3 is 2.71 bits per heavy atom. The molecule has 2 aromatic heterocycles. The van der Waals surface area contributed by atoms with Crippen LogP contribution in [0.1, 0.15) is 23.6 Å². The number of halogens is 1. The van der Waals surface area contributed by atoms with Gasteiger partial charge >= 0.3 is 0 Å². The molecule has 0 saturated carbocycles. The normalized spacial score (nSPS) is 10.8. The van der Waals surface area contributed by atoms with Gasteiger partial charge in [-0.05, 0) is 30.7 Å². The third kappa shape index (κ3) is 4.02. The molecule has 1 amide bonds. The Labute approximate surface area is 143 Å². The van der Waals surface area contributed by atoms with Crippen LogP contribution >= 0.6 is 11.6 Å². The van der Waals surface area contributed by atoms with Crippen molar-refractivity contribution in [2.24, 2.45) is 0 Å². The number of aromatic nitrogens is 2. The van der Waals surface area contributed by atoms with Gasteiger partial charge in [0, 0.05) is 24.4 Å². The first-order valence-corrected chi connectivity index (χ1v) is 7.87. The van der Waals surface area contributed by atoms with Gasteiger partial charge in [-0.1, -0.05) is 23.7 Å². The molecule has 0 aliphatic rings. The monoisotopic (exact) mass is 345 g/mol. The lowest BCUT2D eigenvalue weighted by Gasteiger charge is -2.04. The number of carbonyl (C=O) groups excluding carboxylic acids is 1. The molecule has 0 aliphatic carbocycles. The fourth-order valence-electron chi connectivity index (χ4n) is 2.18. The molecule has 2 heterocycles. The number of hydrogen-bond donors (Lipinski definition) is 1. The highest BCUT2D eigenvalue weighted by Crippen LogP contribution is 2.22. The van der Waals surface area contributed by atoms with Crippen LogP contribution < -0.4 is 5.32 Å². The molecule has 0 spiro atoms. The average Bonchev–Trinajstić information content (AvgIpc) is 3.21. The molecule has 24 heavy (non-hydrogen) atoms. The van der Waals surface area contributed by atoms with Crippen LogP contribution in [-0.4, -0.2) is 16.1 Å². The van der Waals surface area contributed by atoms with Crippen LogP contribution in [0.2, 0.25) is 5.02 Å². The standard InChI is InChI=1S/C17H16ClN3O3/c1-11-14(8-9-23-11)17-21-20-16(24-17)7-6-15(22)19-10-12-2-4-13(18)5-3-12/h2-5,8-9H,6-7,10H2,1H3,(H,19,22). The van der Waals surface area contributed by atoms with Crippen LogP contribution in [0.3, 0.4) is 0 Å².